The first kappa shape index (κ1) is 13.2. The molecule has 17 heavy (non-hydrogen) atoms. The van der Waals surface area contributed by atoms with Crippen LogP contribution in [0.25, 0.3) is 0 Å². The molecule has 0 fully saturated rings. The summed E-state index contributed by atoms with van der Waals surface area (Å²) in [6, 6.07) is 3.29. The Labute approximate surface area is 98.0 Å². The van der Waals surface area contributed by atoms with Gasteiger partial charge in [0.2, 0.25) is 5.91 Å². The summed E-state index contributed by atoms with van der Waals surface area (Å²) in [4.78, 5) is 24.5. The van der Waals surface area contributed by atoms with E-state index in [1.807, 2.05) is 0 Å². The van der Waals surface area contributed by atoms with Gasteiger partial charge in [-0.1, -0.05) is 0 Å². The molecular weight excluding hydrogens is 226 g/mol. The summed E-state index contributed by atoms with van der Waals surface area (Å²) in [5.41, 5.74) is 5.96. The molecule has 1 rings (SSSR count). The molecule has 0 aliphatic heterocycles. The van der Waals surface area contributed by atoms with Crippen LogP contribution in [0.5, 0.6) is 0 Å². The van der Waals surface area contributed by atoms with Crippen LogP contribution in [0.15, 0.2) is 12.1 Å². The fourth-order valence-electron chi connectivity index (χ4n) is 1.22. The van der Waals surface area contributed by atoms with Gasteiger partial charge in [-0.3, -0.25) is 4.79 Å². The molecule has 0 spiro atoms. The number of esters is 1. The molecule has 1 heterocycles. The second-order valence-corrected chi connectivity index (χ2v) is 3.44. The number of nitrogens with one attached hydrogen (secondary N) is 2. The molecule has 5 N–H and O–H groups in total. The SMILES string of the molecule is COC(=O)c1ccc(CNCC(O)C(N)=O)[nH]1. The molecule has 1 amide bonds. The zero-order valence-electron chi connectivity index (χ0n) is 9.40. The van der Waals surface area contributed by atoms with E-state index in [-0.39, 0.29) is 6.54 Å². The molecule has 94 valence electrons. The lowest BCUT2D eigenvalue weighted by Crippen LogP contribution is -2.37. The van der Waals surface area contributed by atoms with E-state index in [2.05, 4.69) is 15.0 Å². The van der Waals surface area contributed by atoms with Gasteiger partial charge in [0, 0.05) is 18.8 Å². The van der Waals surface area contributed by atoms with Crippen LogP contribution in [-0.2, 0) is 16.1 Å². The zero-order valence-corrected chi connectivity index (χ0v) is 9.40. The van der Waals surface area contributed by atoms with Gasteiger partial charge in [0.1, 0.15) is 11.8 Å². The van der Waals surface area contributed by atoms with E-state index in [0.29, 0.717) is 12.2 Å². The summed E-state index contributed by atoms with van der Waals surface area (Å²) in [5, 5.41) is 11.9. The summed E-state index contributed by atoms with van der Waals surface area (Å²) in [6.45, 7) is 0.434. The molecule has 0 radical (unpaired) electrons. The van der Waals surface area contributed by atoms with Crippen molar-refractivity contribution < 1.29 is 19.4 Å². The van der Waals surface area contributed by atoms with Crippen molar-refractivity contribution in [2.24, 2.45) is 5.73 Å². The fourth-order valence-corrected chi connectivity index (χ4v) is 1.22. The molecule has 0 aromatic carbocycles. The number of primary amides is 1. The van der Waals surface area contributed by atoms with E-state index in [4.69, 9.17) is 10.8 Å². The Morgan fingerprint density at radius 3 is 2.88 bits per heavy atom. The van der Waals surface area contributed by atoms with E-state index in [1.165, 1.54) is 7.11 Å². The molecule has 0 bridgehead atoms. The van der Waals surface area contributed by atoms with Crippen LogP contribution in [0.4, 0.5) is 0 Å². The van der Waals surface area contributed by atoms with Crippen molar-refractivity contribution in [2.45, 2.75) is 12.6 Å². The number of H-pyrrole nitrogens is 1. The Morgan fingerprint density at radius 2 is 2.29 bits per heavy atom. The van der Waals surface area contributed by atoms with Gasteiger partial charge >= 0.3 is 5.97 Å². The van der Waals surface area contributed by atoms with E-state index in [0.717, 1.165) is 5.69 Å². The first-order valence-corrected chi connectivity index (χ1v) is 4.99. The van der Waals surface area contributed by atoms with Crippen molar-refractivity contribution in [3.05, 3.63) is 23.5 Å². The summed E-state index contributed by atoms with van der Waals surface area (Å²) in [5.74, 6) is -1.23. The number of carbonyl (C=O) groups is 2. The smallest absolute Gasteiger partial charge is 0.354 e. The lowest BCUT2D eigenvalue weighted by molar-refractivity contribution is -0.125. The molecule has 0 aliphatic carbocycles. The van der Waals surface area contributed by atoms with Crippen molar-refractivity contribution in [3.63, 3.8) is 0 Å². The summed E-state index contributed by atoms with van der Waals surface area (Å²) in [7, 11) is 1.30. The van der Waals surface area contributed by atoms with Crippen molar-refractivity contribution in [2.75, 3.05) is 13.7 Å². The Bertz CT molecular complexity index is 402. The third kappa shape index (κ3) is 3.89. The number of aliphatic hydroxyl groups excluding tert-OH is 1. The van der Waals surface area contributed by atoms with Crippen LogP contribution in [-0.4, -0.2) is 41.7 Å². The van der Waals surface area contributed by atoms with Crippen molar-refractivity contribution >= 4 is 11.9 Å². The maximum absolute atomic E-state index is 11.1. The second kappa shape index (κ2) is 6.02. The van der Waals surface area contributed by atoms with E-state index >= 15 is 0 Å². The van der Waals surface area contributed by atoms with Gasteiger partial charge in [-0.15, -0.1) is 0 Å². The molecule has 7 heteroatoms. The number of methoxy groups -OCH3 is 1. The zero-order chi connectivity index (χ0) is 12.8. The van der Waals surface area contributed by atoms with Gasteiger partial charge < -0.3 is 25.9 Å². The molecule has 1 unspecified atom stereocenters. The monoisotopic (exact) mass is 241 g/mol. The van der Waals surface area contributed by atoms with Gasteiger partial charge in [-0.2, -0.15) is 0 Å². The molecule has 1 aromatic heterocycles. The third-order valence-corrected chi connectivity index (χ3v) is 2.13. The van der Waals surface area contributed by atoms with Crippen LogP contribution < -0.4 is 11.1 Å². The largest absolute Gasteiger partial charge is 0.464 e. The molecule has 0 aliphatic rings. The highest BCUT2D eigenvalue weighted by Crippen LogP contribution is 2.02. The predicted molar refractivity (Wildman–Crippen MR) is 59.0 cm³/mol. The molecule has 0 saturated heterocycles. The summed E-state index contributed by atoms with van der Waals surface area (Å²) < 4.78 is 4.53. The first-order valence-electron chi connectivity index (χ1n) is 4.99. The minimum absolute atomic E-state index is 0.0575. The average Bonchev–Trinajstić information content (AvgIpc) is 2.76. The number of aromatic amines is 1. The minimum atomic E-state index is -1.22. The van der Waals surface area contributed by atoms with Gasteiger partial charge in [0.15, 0.2) is 0 Å². The maximum atomic E-state index is 11.1. The number of hydrogen-bond acceptors (Lipinski definition) is 5. The molecule has 7 nitrogen and oxygen atoms in total. The average molecular weight is 241 g/mol. The van der Waals surface area contributed by atoms with E-state index < -0.39 is 18.0 Å². The summed E-state index contributed by atoms with van der Waals surface area (Å²) in [6.07, 6.45) is -1.22. The predicted octanol–water partition coefficient (Wildman–Crippen LogP) is -1.26. The highest BCUT2D eigenvalue weighted by atomic mass is 16.5. The lowest BCUT2D eigenvalue weighted by Gasteiger charge is -2.07. The van der Waals surface area contributed by atoms with Gasteiger partial charge in [-0.05, 0) is 12.1 Å². The minimum Gasteiger partial charge on any atom is -0.464 e. The first-order chi connectivity index (χ1) is 8.04. The number of hydrogen-bond donors (Lipinski definition) is 4. The Balaban J connectivity index is 2.40. The quantitative estimate of drug-likeness (QED) is 0.463. The van der Waals surface area contributed by atoms with Crippen molar-refractivity contribution in [1.82, 2.24) is 10.3 Å². The van der Waals surface area contributed by atoms with Crippen LogP contribution in [0.3, 0.4) is 0 Å². The molecular formula is C10H15N3O4. The second-order valence-electron chi connectivity index (χ2n) is 3.44. The number of ether oxygens (including phenoxy) is 1. The normalized spacial score (nSPS) is 12.1. The van der Waals surface area contributed by atoms with E-state index in [1.54, 1.807) is 12.1 Å². The summed E-state index contributed by atoms with van der Waals surface area (Å²) >= 11 is 0. The third-order valence-electron chi connectivity index (χ3n) is 2.13. The lowest BCUT2D eigenvalue weighted by atomic mass is 10.3. The van der Waals surface area contributed by atoms with Crippen LogP contribution in [0.2, 0.25) is 0 Å². The van der Waals surface area contributed by atoms with Crippen LogP contribution >= 0.6 is 0 Å². The van der Waals surface area contributed by atoms with E-state index in [9.17, 15) is 9.59 Å². The molecule has 1 aromatic rings. The van der Waals surface area contributed by atoms with Gasteiger partial charge in [0.25, 0.3) is 0 Å². The fraction of sp³-hybridized carbons (Fsp3) is 0.400. The molecule has 1 atom stereocenters. The number of aromatic nitrogens is 1. The Morgan fingerprint density at radius 1 is 1.59 bits per heavy atom. The number of nitrogens with two attached hydrogens (primary N) is 1. The van der Waals surface area contributed by atoms with Crippen LogP contribution in [0.1, 0.15) is 16.2 Å². The number of amides is 1. The van der Waals surface area contributed by atoms with Gasteiger partial charge in [-0.25, -0.2) is 4.79 Å². The topological polar surface area (TPSA) is 117 Å². The maximum Gasteiger partial charge on any atom is 0.354 e. The van der Waals surface area contributed by atoms with Crippen LogP contribution in [0, 0.1) is 0 Å². The number of rotatable bonds is 6. The van der Waals surface area contributed by atoms with Gasteiger partial charge in [0.05, 0.1) is 7.11 Å². The highest BCUT2D eigenvalue weighted by molar-refractivity contribution is 5.87. The molecule has 0 saturated carbocycles. The standard InChI is InChI=1S/C10H15N3O4/c1-17-10(16)7-3-2-6(13-7)4-12-5-8(14)9(11)15/h2-3,8,12-14H,4-5H2,1H3,(H2,11,15). The van der Waals surface area contributed by atoms with Crippen molar-refractivity contribution in [1.29, 1.82) is 0 Å². The Kier molecular flexibility index (Phi) is 4.68. The highest BCUT2D eigenvalue weighted by Gasteiger charge is 2.11. The Hall–Kier alpha value is -1.86. The van der Waals surface area contributed by atoms with Crippen molar-refractivity contribution in [3.8, 4) is 0 Å². The number of carbonyl (C=O) groups excluding carboxylic acids is 2. The number of aliphatic hydroxyl groups is 1.